The molecular weight excluding hydrogens is 482 g/mol. The first-order valence-electron chi connectivity index (χ1n) is 11.4. The van der Waals surface area contributed by atoms with Crippen molar-refractivity contribution in [3.63, 3.8) is 0 Å². The number of phenolic OH excluding ortho intramolecular Hbond substituents is 1. The Morgan fingerprint density at radius 2 is 1.89 bits per heavy atom. The van der Waals surface area contributed by atoms with Crippen molar-refractivity contribution in [1.82, 2.24) is 9.69 Å². The summed E-state index contributed by atoms with van der Waals surface area (Å²) in [5, 5.41) is 12.7. The number of nitrogens with one attached hydrogen (secondary N) is 1. The molecule has 2 heterocycles. The summed E-state index contributed by atoms with van der Waals surface area (Å²) in [6, 6.07) is 12.0. The van der Waals surface area contributed by atoms with Gasteiger partial charge in [0.25, 0.3) is 11.8 Å². The number of carbonyl (C=O) groups excluding carboxylic acids is 3. The van der Waals surface area contributed by atoms with Crippen molar-refractivity contribution in [2.75, 3.05) is 23.8 Å². The van der Waals surface area contributed by atoms with Crippen molar-refractivity contribution in [2.24, 2.45) is 5.73 Å². The number of ether oxygens (including phenoxy) is 1. The third kappa shape index (κ3) is 5.31. The van der Waals surface area contributed by atoms with Crippen molar-refractivity contribution >= 4 is 40.6 Å². The van der Waals surface area contributed by atoms with Gasteiger partial charge >= 0.3 is 0 Å². The number of benzene rings is 2. The lowest BCUT2D eigenvalue weighted by Crippen LogP contribution is -2.45. The number of phenols is 1. The maximum Gasteiger partial charge on any atom is 0.273 e. The van der Waals surface area contributed by atoms with Crippen LogP contribution in [0.4, 0.5) is 11.4 Å². The van der Waals surface area contributed by atoms with Crippen LogP contribution in [-0.4, -0.2) is 46.5 Å². The van der Waals surface area contributed by atoms with Crippen LogP contribution in [0, 0.1) is 6.92 Å². The summed E-state index contributed by atoms with van der Waals surface area (Å²) < 4.78 is 9.57. The lowest BCUT2D eigenvalue weighted by Gasteiger charge is -2.31. The second kappa shape index (κ2) is 10.8. The number of hydrogen-bond donors (Lipinski definition) is 4. The molecule has 1 aliphatic heterocycles. The van der Waals surface area contributed by atoms with Crippen LogP contribution >= 0.6 is 11.5 Å². The zero-order valence-electron chi connectivity index (χ0n) is 19.6. The monoisotopic (exact) mass is 509 g/mol. The van der Waals surface area contributed by atoms with Gasteiger partial charge in [-0.3, -0.25) is 19.3 Å². The molecule has 0 aliphatic carbocycles. The molecule has 1 saturated heterocycles. The van der Waals surface area contributed by atoms with Crippen molar-refractivity contribution in [3.8, 4) is 5.75 Å². The molecule has 0 bridgehead atoms. The lowest BCUT2D eigenvalue weighted by molar-refractivity contribution is -0.123. The van der Waals surface area contributed by atoms with Gasteiger partial charge in [0.15, 0.2) is 5.69 Å². The summed E-state index contributed by atoms with van der Waals surface area (Å²) in [7, 11) is 0. The quantitative estimate of drug-likeness (QED) is 0.363. The molecule has 0 radical (unpaired) electrons. The number of nitrogens with zero attached hydrogens (tertiary/aromatic N) is 2. The highest BCUT2D eigenvalue weighted by Gasteiger charge is 2.36. The van der Waals surface area contributed by atoms with Gasteiger partial charge in [-0.1, -0.05) is 29.8 Å². The van der Waals surface area contributed by atoms with E-state index in [1.807, 2.05) is 19.1 Å². The number of anilines is 2. The van der Waals surface area contributed by atoms with E-state index in [1.54, 1.807) is 24.3 Å². The highest BCUT2D eigenvalue weighted by molar-refractivity contribution is 7.09. The molecule has 36 heavy (non-hydrogen) atoms. The zero-order chi connectivity index (χ0) is 25.8. The van der Waals surface area contributed by atoms with Crippen LogP contribution in [-0.2, 0) is 9.53 Å². The molecular formula is C25H27N5O5S. The van der Waals surface area contributed by atoms with E-state index in [2.05, 4.69) is 9.69 Å². The van der Waals surface area contributed by atoms with E-state index in [0.717, 1.165) is 29.9 Å². The van der Waals surface area contributed by atoms with Gasteiger partial charge < -0.3 is 26.6 Å². The maximum atomic E-state index is 13.9. The van der Waals surface area contributed by atoms with Gasteiger partial charge in [0.2, 0.25) is 5.91 Å². The van der Waals surface area contributed by atoms with E-state index >= 15 is 0 Å². The number of hydrogen-bond acceptors (Lipinski definition) is 8. The first kappa shape index (κ1) is 25.1. The Morgan fingerprint density at radius 3 is 2.47 bits per heavy atom. The second-order valence-electron chi connectivity index (χ2n) is 8.52. The topological polar surface area (TPSA) is 161 Å². The maximum absolute atomic E-state index is 13.9. The molecule has 2 aromatic carbocycles. The first-order valence-corrected chi connectivity index (χ1v) is 12.2. The fraction of sp³-hybridized carbons (Fsp3) is 0.280. The van der Waals surface area contributed by atoms with Gasteiger partial charge in [0.1, 0.15) is 16.7 Å². The number of nitrogen functional groups attached to an aromatic ring is 1. The number of aromatic hydroxyl groups is 1. The zero-order valence-corrected chi connectivity index (χ0v) is 20.5. The molecule has 4 rings (SSSR count). The Bertz CT molecular complexity index is 1250. The number of nitrogens with two attached hydrogens (primary N) is 2. The third-order valence-electron chi connectivity index (χ3n) is 5.93. The Kier molecular flexibility index (Phi) is 7.51. The van der Waals surface area contributed by atoms with Gasteiger partial charge in [-0.2, -0.15) is 4.37 Å². The number of aryl methyl sites for hydroxylation is 1. The van der Waals surface area contributed by atoms with Gasteiger partial charge in [-0.15, -0.1) is 0 Å². The molecule has 3 amide bonds. The minimum Gasteiger partial charge on any atom is -0.508 e. The summed E-state index contributed by atoms with van der Waals surface area (Å²) in [4.78, 5) is 40.6. The molecule has 0 unspecified atom stereocenters. The highest BCUT2D eigenvalue weighted by atomic mass is 32.1. The standard InChI is InChI=1S/C25H27N5O5S/c1-14-4-8-16(9-5-14)30(25(34)22-19(26)20(23(27)32)29-36-22)21(15-6-10-17(31)11-7-15)24(33)28-13-18-3-2-12-35-18/h4-11,18,21,31H,2-3,12-13,26H2,1H3,(H2,27,32)(H,28,33)/t18-,21+/m0/s1. The fourth-order valence-electron chi connectivity index (χ4n) is 4.02. The predicted molar refractivity (Wildman–Crippen MR) is 136 cm³/mol. The van der Waals surface area contributed by atoms with Crippen LogP contribution in [0.15, 0.2) is 48.5 Å². The fourth-order valence-corrected chi connectivity index (χ4v) is 4.76. The average molecular weight is 510 g/mol. The van der Waals surface area contributed by atoms with Crippen molar-refractivity contribution < 1.29 is 24.2 Å². The Balaban J connectivity index is 1.79. The Hall–Kier alpha value is -3.96. The van der Waals surface area contributed by atoms with Gasteiger partial charge in [0, 0.05) is 18.8 Å². The SMILES string of the molecule is Cc1ccc(N(C(=O)c2snc(C(N)=O)c2N)[C@@H](C(=O)NC[C@@H]2CCCO2)c2ccc(O)cc2)cc1. The van der Waals surface area contributed by atoms with Crippen LogP contribution in [0.1, 0.15) is 50.2 Å². The number of primary amides is 1. The predicted octanol–water partition coefficient (Wildman–Crippen LogP) is 2.52. The summed E-state index contributed by atoms with van der Waals surface area (Å²) in [5.41, 5.74) is 12.9. The summed E-state index contributed by atoms with van der Waals surface area (Å²) in [5.74, 6) is -1.90. The van der Waals surface area contributed by atoms with Crippen molar-refractivity contribution in [2.45, 2.75) is 31.9 Å². The minimum atomic E-state index is -1.12. The summed E-state index contributed by atoms with van der Waals surface area (Å²) >= 11 is 0.741. The molecule has 1 aliphatic rings. The average Bonchev–Trinajstić information content (AvgIpc) is 3.52. The molecule has 188 valence electrons. The lowest BCUT2D eigenvalue weighted by atomic mass is 10.0. The van der Waals surface area contributed by atoms with Crippen molar-refractivity contribution in [3.05, 3.63) is 70.2 Å². The molecule has 10 nitrogen and oxygen atoms in total. The first-order chi connectivity index (χ1) is 17.3. The van der Waals surface area contributed by atoms with Crippen LogP contribution in [0.5, 0.6) is 5.75 Å². The highest BCUT2D eigenvalue weighted by Crippen LogP contribution is 2.34. The molecule has 11 heteroatoms. The number of rotatable bonds is 8. The summed E-state index contributed by atoms with van der Waals surface area (Å²) in [6.45, 7) is 2.84. The second-order valence-corrected chi connectivity index (χ2v) is 9.30. The molecule has 1 fully saturated rings. The van der Waals surface area contributed by atoms with Gasteiger partial charge in [0.05, 0.1) is 11.8 Å². The molecule has 0 saturated carbocycles. The van der Waals surface area contributed by atoms with Gasteiger partial charge in [-0.25, -0.2) is 0 Å². The molecule has 2 atom stereocenters. The number of carbonyl (C=O) groups is 3. The van der Waals surface area contributed by atoms with Crippen LogP contribution in [0.25, 0.3) is 0 Å². The molecule has 3 aromatic rings. The van der Waals surface area contributed by atoms with Gasteiger partial charge in [-0.05, 0) is 61.1 Å². The molecule has 0 spiro atoms. The van der Waals surface area contributed by atoms with E-state index in [4.69, 9.17) is 16.2 Å². The molecule has 6 N–H and O–H groups in total. The normalized spacial score (nSPS) is 15.9. The summed E-state index contributed by atoms with van der Waals surface area (Å²) in [6.07, 6.45) is 1.65. The van der Waals surface area contributed by atoms with E-state index in [0.29, 0.717) is 17.9 Å². The smallest absolute Gasteiger partial charge is 0.273 e. The van der Waals surface area contributed by atoms with E-state index < -0.39 is 23.8 Å². The van der Waals surface area contributed by atoms with Crippen LogP contribution in [0.3, 0.4) is 0 Å². The molecule has 1 aromatic heterocycles. The largest absolute Gasteiger partial charge is 0.508 e. The Morgan fingerprint density at radius 1 is 1.19 bits per heavy atom. The van der Waals surface area contributed by atoms with E-state index in [1.165, 1.54) is 17.0 Å². The van der Waals surface area contributed by atoms with E-state index in [-0.39, 0.29) is 34.7 Å². The van der Waals surface area contributed by atoms with E-state index in [9.17, 15) is 19.5 Å². The van der Waals surface area contributed by atoms with Crippen molar-refractivity contribution in [1.29, 1.82) is 0 Å². The number of aromatic nitrogens is 1. The van der Waals surface area contributed by atoms with Crippen LogP contribution in [0.2, 0.25) is 0 Å². The van der Waals surface area contributed by atoms with Crippen LogP contribution < -0.4 is 21.7 Å². The Labute approximate surface area is 212 Å². The number of amides is 3. The minimum absolute atomic E-state index is 0.0138. The third-order valence-corrected chi connectivity index (χ3v) is 6.78.